The number of Topliss-reactive ketones (excluding diaryl/α,β-unsaturated/α-hetero) is 1. The molecule has 1 aromatic rings. The number of hydrogen-bond donors (Lipinski definition) is 0. The third-order valence-electron chi connectivity index (χ3n) is 3.03. The lowest BCUT2D eigenvalue weighted by Crippen LogP contribution is -2.37. The Kier molecular flexibility index (Phi) is 4.50. The first kappa shape index (κ1) is 15.6. The molecule has 1 aliphatic heterocycles. The molecule has 0 unspecified atom stereocenters. The fraction of sp³-hybridized carbons (Fsp3) is 0.286. The summed E-state index contributed by atoms with van der Waals surface area (Å²) in [5.41, 5.74) is 0.0702. The predicted molar refractivity (Wildman–Crippen MR) is 71.4 cm³/mol. The number of rotatable bonds is 5. The summed E-state index contributed by atoms with van der Waals surface area (Å²) in [6.45, 7) is -1.25. The Morgan fingerprint density at radius 3 is 2.64 bits per heavy atom. The lowest BCUT2D eigenvalue weighted by molar-refractivity contribution is -0.145. The van der Waals surface area contributed by atoms with Crippen LogP contribution >= 0.6 is 0 Å². The minimum absolute atomic E-state index is 0.0702. The smallest absolute Gasteiger partial charge is 0.327 e. The zero-order valence-corrected chi connectivity index (χ0v) is 11.7. The highest BCUT2D eigenvalue weighted by atomic mass is 19.1. The monoisotopic (exact) mass is 308 g/mol. The minimum atomic E-state index is -0.887. The molecule has 0 bridgehead atoms. The number of likely N-dealkylation sites (N-methyl/N-ethyl adjacent to an activating group) is 1. The minimum Gasteiger partial charge on any atom is -0.456 e. The SMILES string of the molecule is CN1CC(=O)N(CC(=O)OCC(=O)c2cccc(F)c2)C1=O. The summed E-state index contributed by atoms with van der Waals surface area (Å²) in [5, 5.41) is 0. The van der Waals surface area contributed by atoms with Crippen molar-refractivity contribution in [2.24, 2.45) is 0 Å². The highest BCUT2D eigenvalue weighted by Crippen LogP contribution is 2.08. The highest BCUT2D eigenvalue weighted by Gasteiger charge is 2.35. The second-order valence-electron chi connectivity index (χ2n) is 4.71. The van der Waals surface area contributed by atoms with Crippen LogP contribution in [0, 0.1) is 5.82 Å². The Bertz CT molecular complexity index is 646. The number of ketones is 1. The number of ether oxygens (including phenoxy) is 1. The Hall–Kier alpha value is -2.77. The van der Waals surface area contributed by atoms with Crippen LogP contribution in [0.1, 0.15) is 10.4 Å². The molecule has 1 aliphatic rings. The number of halogens is 1. The van der Waals surface area contributed by atoms with Gasteiger partial charge in [0.1, 0.15) is 18.9 Å². The van der Waals surface area contributed by atoms with Crippen LogP contribution in [0.15, 0.2) is 24.3 Å². The van der Waals surface area contributed by atoms with Gasteiger partial charge in [0.05, 0.1) is 0 Å². The van der Waals surface area contributed by atoms with E-state index in [1.807, 2.05) is 0 Å². The van der Waals surface area contributed by atoms with E-state index < -0.39 is 42.7 Å². The molecule has 0 spiro atoms. The second kappa shape index (κ2) is 6.33. The van der Waals surface area contributed by atoms with Gasteiger partial charge in [0.15, 0.2) is 12.4 Å². The van der Waals surface area contributed by atoms with Crippen molar-refractivity contribution in [1.82, 2.24) is 9.80 Å². The predicted octanol–water partition coefficient (Wildman–Crippen LogP) is 0.446. The Morgan fingerprint density at radius 2 is 2.05 bits per heavy atom. The zero-order valence-electron chi connectivity index (χ0n) is 11.7. The molecule has 1 aromatic carbocycles. The number of amides is 3. The van der Waals surface area contributed by atoms with Crippen molar-refractivity contribution >= 4 is 23.7 Å². The summed E-state index contributed by atoms with van der Waals surface area (Å²) < 4.78 is 17.7. The van der Waals surface area contributed by atoms with Crippen LogP contribution < -0.4 is 0 Å². The molecule has 3 amide bonds. The molecule has 1 fully saturated rings. The van der Waals surface area contributed by atoms with Crippen LogP contribution in [0.2, 0.25) is 0 Å². The van der Waals surface area contributed by atoms with Gasteiger partial charge in [0.25, 0.3) is 5.91 Å². The average Bonchev–Trinajstić information content (AvgIpc) is 2.71. The lowest BCUT2D eigenvalue weighted by atomic mass is 10.1. The fourth-order valence-corrected chi connectivity index (χ4v) is 1.89. The lowest BCUT2D eigenvalue weighted by Gasteiger charge is -2.13. The maximum Gasteiger partial charge on any atom is 0.327 e. The Labute approximate surface area is 125 Å². The summed E-state index contributed by atoms with van der Waals surface area (Å²) in [6, 6.07) is 4.37. The zero-order chi connectivity index (χ0) is 16.3. The molecule has 0 aliphatic carbocycles. The third kappa shape index (κ3) is 3.46. The van der Waals surface area contributed by atoms with Crippen LogP contribution in [-0.4, -0.2) is 60.2 Å². The molecule has 116 valence electrons. The summed E-state index contributed by atoms with van der Waals surface area (Å²) in [5.74, 6) is -2.56. The standard InChI is InChI=1S/C14H13FN2O5/c1-16-6-12(19)17(14(16)21)7-13(20)22-8-11(18)9-3-2-4-10(15)5-9/h2-5H,6-8H2,1H3. The van der Waals surface area contributed by atoms with E-state index >= 15 is 0 Å². The van der Waals surface area contributed by atoms with E-state index in [0.29, 0.717) is 0 Å². The molecule has 0 N–H and O–H groups in total. The van der Waals surface area contributed by atoms with Crippen LogP contribution in [-0.2, 0) is 14.3 Å². The topological polar surface area (TPSA) is 84.0 Å². The summed E-state index contributed by atoms with van der Waals surface area (Å²) in [6.07, 6.45) is 0. The van der Waals surface area contributed by atoms with Gasteiger partial charge >= 0.3 is 12.0 Å². The fourth-order valence-electron chi connectivity index (χ4n) is 1.89. The summed E-state index contributed by atoms with van der Waals surface area (Å²) >= 11 is 0. The average molecular weight is 308 g/mol. The first-order valence-corrected chi connectivity index (χ1v) is 6.38. The van der Waals surface area contributed by atoms with Crippen molar-refractivity contribution in [3.05, 3.63) is 35.6 Å². The van der Waals surface area contributed by atoms with Gasteiger partial charge < -0.3 is 9.64 Å². The number of imide groups is 1. The van der Waals surface area contributed by atoms with Gasteiger partial charge in [-0.2, -0.15) is 0 Å². The number of hydrogen-bond acceptors (Lipinski definition) is 5. The molecule has 7 nitrogen and oxygen atoms in total. The van der Waals surface area contributed by atoms with Crippen molar-refractivity contribution in [3.63, 3.8) is 0 Å². The van der Waals surface area contributed by atoms with Gasteiger partial charge in [-0.15, -0.1) is 0 Å². The van der Waals surface area contributed by atoms with E-state index in [1.54, 1.807) is 0 Å². The van der Waals surface area contributed by atoms with Gasteiger partial charge in [-0.05, 0) is 12.1 Å². The van der Waals surface area contributed by atoms with E-state index in [9.17, 15) is 23.6 Å². The molecular formula is C14H13FN2O5. The third-order valence-corrected chi connectivity index (χ3v) is 3.03. The molecular weight excluding hydrogens is 295 g/mol. The number of urea groups is 1. The van der Waals surface area contributed by atoms with Gasteiger partial charge in [-0.25, -0.2) is 9.18 Å². The van der Waals surface area contributed by atoms with E-state index in [-0.39, 0.29) is 12.1 Å². The molecule has 0 saturated carbocycles. The number of esters is 1. The largest absolute Gasteiger partial charge is 0.456 e. The van der Waals surface area contributed by atoms with Crippen LogP contribution in [0.5, 0.6) is 0 Å². The normalized spacial score (nSPS) is 14.5. The van der Waals surface area contributed by atoms with Crippen molar-refractivity contribution in [3.8, 4) is 0 Å². The van der Waals surface area contributed by atoms with Gasteiger partial charge in [0.2, 0.25) is 0 Å². The molecule has 22 heavy (non-hydrogen) atoms. The molecule has 1 saturated heterocycles. The number of carbonyl (C=O) groups is 4. The highest BCUT2D eigenvalue weighted by molar-refractivity contribution is 6.04. The Balaban J connectivity index is 1.87. The van der Waals surface area contributed by atoms with Crippen molar-refractivity contribution in [2.75, 3.05) is 26.7 Å². The second-order valence-corrected chi connectivity index (χ2v) is 4.71. The van der Waals surface area contributed by atoms with Gasteiger partial charge in [-0.1, -0.05) is 12.1 Å². The van der Waals surface area contributed by atoms with E-state index in [1.165, 1.54) is 25.2 Å². The molecule has 0 aromatic heterocycles. The molecule has 2 rings (SSSR count). The van der Waals surface area contributed by atoms with Crippen molar-refractivity contribution in [2.45, 2.75) is 0 Å². The quantitative estimate of drug-likeness (QED) is 0.448. The maximum absolute atomic E-state index is 13.0. The first-order chi connectivity index (χ1) is 10.4. The summed E-state index contributed by atoms with van der Waals surface area (Å²) in [7, 11) is 1.43. The van der Waals surface area contributed by atoms with Gasteiger partial charge in [-0.3, -0.25) is 19.3 Å². The molecule has 8 heteroatoms. The molecule has 1 heterocycles. The van der Waals surface area contributed by atoms with Crippen molar-refractivity contribution < 1.29 is 28.3 Å². The number of benzene rings is 1. The Morgan fingerprint density at radius 1 is 1.32 bits per heavy atom. The van der Waals surface area contributed by atoms with Crippen LogP contribution in [0.3, 0.4) is 0 Å². The molecule has 0 atom stereocenters. The number of nitrogens with zero attached hydrogens (tertiary/aromatic N) is 2. The maximum atomic E-state index is 13.0. The van der Waals surface area contributed by atoms with E-state index in [0.717, 1.165) is 15.9 Å². The van der Waals surface area contributed by atoms with Crippen molar-refractivity contribution in [1.29, 1.82) is 0 Å². The van der Waals surface area contributed by atoms with Crippen LogP contribution in [0.4, 0.5) is 9.18 Å². The first-order valence-electron chi connectivity index (χ1n) is 6.38. The van der Waals surface area contributed by atoms with E-state index in [4.69, 9.17) is 4.74 Å². The molecule has 0 radical (unpaired) electrons. The summed E-state index contributed by atoms with van der Waals surface area (Å²) in [4.78, 5) is 48.2. The van der Waals surface area contributed by atoms with Gasteiger partial charge in [0, 0.05) is 12.6 Å². The van der Waals surface area contributed by atoms with E-state index in [2.05, 4.69) is 0 Å². The number of carbonyl (C=O) groups excluding carboxylic acids is 4. The van der Waals surface area contributed by atoms with Crippen LogP contribution in [0.25, 0.3) is 0 Å².